The van der Waals surface area contributed by atoms with Crippen molar-refractivity contribution in [1.29, 1.82) is 0 Å². The van der Waals surface area contributed by atoms with Crippen LogP contribution < -0.4 is 0 Å². The Bertz CT molecular complexity index is 807. The van der Waals surface area contributed by atoms with E-state index in [0.717, 1.165) is 16.5 Å². The number of carboxylic acid groups (broad SMARTS) is 1. The fraction of sp³-hybridized carbons (Fsp3) is 0.421. The Kier molecular flexibility index (Phi) is 4.37. The number of benzene rings is 1. The molecule has 1 unspecified atom stereocenters. The molecule has 0 bridgehead atoms. The van der Waals surface area contributed by atoms with Crippen LogP contribution in [0, 0.1) is 0 Å². The van der Waals surface area contributed by atoms with Gasteiger partial charge in [-0.2, -0.15) is 0 Å². The minimum atomic E-state index is -1.04. The number of likely N-dealkylation sites (tertiary alicyclic amines) is 1. The molecule has 1 fully saturated rings. The Hall–Kier alpha value is -2.63. The summed E-state index contributed by atoms with van der Waals surface area (Å²) in [6.07, 6.45) is 1.63. The molecule has 2 atom stereocenters. The summed E-state index contributed by atoms with van der Waals surface area (Å²) in [6, 6.07) is 8.67. The molecule has 3 rings (SSSR count). The average Bonchev–Trinajstić information content (AvgIpc) is 2.98. The monoisotopic (exact) mass is 342 g/mol. The third-order valence-corrected chi connectivity index (χ3v) is 4.33. The largest absolute Gasteiger partial charge is 0.480 e. The van der Waals surface area contributed by atoms with Gasteiger partial charge in [-0.1, -0.05) is 24.3 Å². The Morgan fingerprint density at radius 2 is 1.96 bits per heavy atom. The molecule has 0 spiro atoms. The lowest BCUT2D eigenvalue weighted by Crippen LogP contribution is -2.45. The van der Waals surface area contributed by atoms with Gasteiger partial charge >= 0.3 is 12.1 Å². The van der Waals surface area contributed by atoms with Crippen LogP contribution in [0.1, 0.15) is 38.8 Å². The summed E-state index contributed by atoms with van der Waals surface area (Å²) < 4.78 is 5.38. The van der Waals surface area contributed by atoms with Crippen molar-refractivity contribution >= 4 is 22.8 Å². The summed E-state index contributed by atoms with van der Waals surface area (Å²) in [5.41, 5.74) is 0.0483. The van der Waals surface area contributed by atoms with Crippen molar-refractivity contribution in [2.45, 2.75) is 44.8 Å². The zero-order chi connectivity index (χ0) is 18.2. The minimum absolute atomic E-state index is 0.335. The van der Waals surface area contributed by atoms with Gasteiger partial charge in [-0.05, 0) is 38.6 Å². The molecule has 132 valence electrons. The van der Waals surface area contributed by atoms with E-state index in [1.807, 2.05) is 30.3 Å². The smallest absolute Gasteiger partial charge is 0.411 e. The lowest BCUT2D eigenvalue weighted by Gasteiger charge is -2.28. The molecule has 6 nitrogen and oxygen atoms in total. The Labute approximate surface area is 146 Å². The molecule has 25 heavy (non-hydrogen) atoms. The maximum Gasteiger partial charge on any atom is 0.411 e. The molecular formula is C19H22N2O4. The Morgan fingerprint density at radius 1 is 1.24 bits per heavy atom. The molecule has 2 aromatic rings. The molecule has 0 saturated carbocycles. The molecule has 1 aromatic heterocycles. The van der Waals surface area contributed by atoms with Gasteiger partial charge < -0.3 is 9.84 Å². The zero-order valence-corrected chi connectivity index (χ0v) is 14.6. The van der Waals surface area contributed by atoms with Crippen LogP contribution >= 0.6 is 0 Å². The zero-order valence-electron chi connectivity index (χ0n) is 14.6. The van der Waals surface area contributed by atoms with Crippen LogP contribution in [-0.2, 0) is 9.53 Å². The number of ether oxygens (including phenoxy) is 1. The number of fused-ring (bicyclic) bond motifs is 1. The summed E-state index contributed by atoms with van der Waals surface area (Å²) in [5, 5.41) is 11.7. The van der Waals surface area contributed by atoms with E-state index in [0.29, 0.717) is 13.0 Å². The lowest BCUT2D eigenvalue weighted by molar-refractivity contribution is -0.142. The molecule has 0 aliphatic carbocycles. The first-order chi connectivity index (χ1) is 11.8. The lowest BCUT2D eigenvalue weighted by atomic mass is 9.92. The summed E-state index contributed by atoms with van der Waals surface area (Å²) in [4.78, 5) is 30.1. The van der Waals surface area contributed by atoms with Crippen LogP contribution in [0.3, 0.4) is 0 Å². The molecule has 1 amide bonds. The Morgan fingerprint density at radius 3 is 2.64 bits per heavy atom. The summed E-state index contributed by atoms with van der Waals surface area (Å²) >= 11 is 0. The van der Waals surface area contributed by atoms with Crippen LogP contribution in [0.25, 0.3) is 10.8 Å². The second-order valence-electron chi connectivity index (χ2n) is 7.27. The highest BCUT2D eigenvalue weighted by Crippen LogP contribution is 2.36. The van der Waals surface area contributed by atoms with Gasteiger partial charge in [0.15, 0.2) is 0 Å². The van der Waals surface area contributed by atoms with Crippen molar-refractivity contribution in [3.05, 3.63) is 42.2 Å². The molecule has 0 radical (unpaired) electrons. The normalized spacial score (nSPS) is 20.7. The number of hydrogen-bond donors (Lipinski definition) is 1. The minimum Gasteiger partial charge on any atom is -0.480 e. The SMILES string of the molecule is CC(C)(C)OC(=O)N1CCC(c2nccc3ccccc23)[C@H]1C(=O)O. The first kappa shape index (κ1) is 17.2. The number of rotatable bonds is 2. The molecule has 2 heterocycles. The van der Waals surface area contributed by atoms with Gasteiger partial charge in [0.2, 0.25) is 0 Å². The van der Waals surface area contributed by atoms with Crippen molar-refractivity contribution < 1.29 is 19.4 Å². The van der Waals surface area contributed by atoms with Crippen molar-refractivity contribution in [1.82, 2.24) is 9.88 Å². The number of pyridine rings is 1. The summed E-state index contributed by atoms with van der Waals surface area (Å²) in [5.74, 6) is -1.40. The fourth-order valence-corrected chi connectivity index (χ4v) is 3.35. The van der Waals surface area contributed by atoms with Crippen LogP contribution in [0.15, 0.2) is 36.5 Å². The van der Waals surface area contributed by atoms with Gasteiger partial charge in [0.1, 0.15) is 11.6 Å². The number of amides is 1. The van der Waals surface area contributed by atoms with Crippen LogP contribution in [0.2, 0.25) is 0 Å². The molecule has 1 aromatic carbocycles. The van der Waals surface area contributed by atoms with Crippen LogP contribution in [-0.4, -0.2) is 45.2 Å². The van der Waals surface area contributed by atoms with E-state index < -0.39 is 23.7 Å². The van der Waals surface area contributed by atoms with Crippen molar-refractivity contribution in [2.24, 2.45) is 0 Å². The van der Waals surface area contributed by atoms with Gasteiger partial charge in [-0.15, -0.1) is 0 Å². The van der Waals surface area contributed by atoms with E-state index in [1.165, 1.54) is 4.90 Å². The van der Waals surface area contributed by atoms with Crippen molar-refractivity contribution in [3.63, 3.8) is 0 Å². The number of aromatic nitrogens is 1. The topological polar surface area (TPSA) is 79.7 Å². The van der Waals surface area contributed by atoms with E-state index in [1.54, 1.807) is 27.0 Å². The third kappa shape index (κ3) is 3.43. The summed E-state index contributed by atoms with van der Waals surface area (Å²) in [7, 11) is 0. The highest BCUT2D eigenvalue weighted by Gasteiger charge is 2.45. The molecule has 1 aliphatic rings. The number of hydrogen-bond acceptors (Lipinski definition) is 4. The maximum absolute atomic E-state index is 12.4. The number of carbonyl (C=O) groups is 2. The van der Waals surface area contributed by atoms with E-state index in [9.17, 15) is 14.7 Å². The van der Waals surface area contributed by atoms with Gasteiger partial charge in [0, 0.05) is 24.0 Å². The standard InChI is InChI=1S/C19H22N2O4/c1-19(2,3)25-18(24)21-11-9-14(16(21)17(22)23)15-13-7-5-4-6-12(13)8-10-20-15/h4-8,10,14,16H,9,11H2,1-3H3,(H,22,23)/t14?,16-/m0/s1. The van der Waals surface area contributed by atoms with Crippen LogP contribution in [0.4, 0.5) is 4.79 Å². The van der Waals surface area contributed by atoms with Crippen LogP contribution in [0.5, 0.6) is 0 Å². The summed E-state index contributed by atoms with van der Waals surface area (Å²) in [6.45, 7) is 5.63. The molecule has 1 N–H and O–H groups in total. The van der Waals surface area contributed by atoms with Crippen molar-refractivity contribution in [2.75, 3.05) is 6.54 Å². The predicted octanol–water partition coefficient (Wildman–Crippen LogP) is 3.41. The first-order valence-electron chi connectivity index (χ1n) is 8.34. The molecule has 1 aliphatic heterocycles. The van der Waals surface area contributed by atoms with E-state index >= 15 is 0 Å². The van der Waals surface area contributed by atoms with Gasteiger partial charge in [0.25, 0.3) is 0 Å². The number of aliphatic carboxylic acids is 1. The van der Waals surface area contributed by atoms with Gasteiger partial charge in [-0.25, -0.2) is 9.59 Å². The van der Waals surface area contributed by atoms with Gasteiger partial charge in [0.05, 0.1) is 5.69 Å². The molecule has 1 saturated heterocycles. The highest BCUT2D eigenvalue weighted by molar-refractivity contribution is 5.87. The van der Waals surface area contributed by atoms with E-state index in [2.05, 4.69) is 4.98 Å². The highest BCUT2D eigenvalue weighted by atomic mass is 16.6. The van der Waals surface area contributed by atoms with E-state index in [-0.39, 0.29) is 5.92 Å². The quantitative estimate of drug-likeness (QED) is 0.904. The average molecular weight is 342 g/mol. The molecular weight excluding hydrogens is 320 g/mol. The predicted molar refractivity (Wildman–Crippen MR) is 93.5 cm³/mol. The second-order valence-corrected chi connectivity index (χ2v) is 7.27. The van der Waals surface area contributed by atoms with Gasteiger partial charge in [-0.3, -0.25) is 9.88 Å². The van der Waals surface area contributed by atoms with Crippen molar-refractivity contribution in [3.8, 4) is 0 Å². The Balaban J connectivity index is 1.97. The third-order valence-electron chi connectivity index (χ3n) is 4.33. The molecule has 6 heteroatoms. The second kappa shape index (κ2) is 6.35. The fourth-order valence-electron chi connectivity index (χ4n) is 3.35. The maximum atomic E-state index is 12.4. The number of carboxylic acids is 1. The van der Waals surface area contributed by atoms with E-state index in [4.69, 9.17) is 4.74 Å². The first-order valence-corrected chi connectivity index (χ1v) is 8.34. The number of nitrogens with zero attached hydrogens (tertiary/aromatic N) is 2. The number of carbonyl (C=O) groups excluding carboxylic acids is 1.